The lowest BCUT2D eigenvalue weighted by Crippen LogP contribution is -2.45. The number of pyridine rings is 2. The maximum Gasteiger partial charge on any atom is 0.433 e. The Hall–Kier alpha value is -3.75. The van der Waals surface area contributed by atoms with Gasteiger partial charge in [-0.15, -0.1) is 0 Å². The molecule has 8 nitrogen and oxygen atoms in total. The average Bonchev–Trinajstić information content (AvgIpc) is 3.13. The van der Waals surface area contributed by atoms with Crippen LogP contribution in [0.3, 0.4) is 0 Å². The Kier molecular flexibility index (Phi) is 6.05. The standard InChI is InChI=1S/C19H15F4N5O3/c20-12-3-15(28(9-12)18(30)31)17(29)27-8-13-4-14(11(5-24)7-25-13)10-1-2-16(26-6-10)19(21,22)23/h1-2,4,6-7,12,15H,3,8-9H2,(H,27,29)(H,30,31)/t12-,15-/m1/s1. The number of aromatic nitrogens is 2. The molecule has 0 spiro atoms. The van der Waals surface area contributed by atoms with Gasteiger partial charge in [-0.25, -0.2) is 9.18 Å². The van der Waals surface area contributed by atoms with E-state index in [1.165, 1.54) is 18.3 Å². The minimum absolute atomic E-state index is 0.0877. The van der Waals surface area contributed by atoms with Crippen LogP contribution in [0.25, 0.3) is 11.1 Å². The summed E-state index contributed by atoms with van der Waals surface area (Å²) in [6, 6.07) is 4.07. The fourth-order valence-electron chi connectivity index (χ4n) is 3.18. The number of nitrogens with zero attached hydrogens (tertiary/aromatic N) is 4. The van der Waals surface area contributed by atoms with Gasteiger partial charge in [0.2, 0.25) is 5.91 Å². The van der Waals surface area contributed by atoms with E-state index in [0.717, 1.165) is 12.3 Å². The Bertz CT molecular complexity index is 1040. The Balaban J connectivity index is 1.77. The van der Waals surface area contributed by atoms with Crippen LogP contribution in [0.5, 0.6) is 0 Å². The van der Waals surface area contributed by atoms with Crippen LogP contribution < -0.4 is 5.32 Å². The van der Waals surface area contributed by atoms with E-state index in [1.54, 1.807) is 0 Å². The lowest BCUT2D eigenvalue weighted by Gasteiger charge is -2.20. The molecule has 2 N–H and O–H groups in total. The second-order valence-electron chi connectivity index (χ2n) is 6.76. The van der Waals surface area contributed by atoms with E-state index in [1.807, 2.05) is 6.07 Å². The van der Waals surface area contributed by atoms with E-state index in [0.29, 0.717) is 4.90 Å². The highest BCUT2D eigenvalue weighted by atomic mass is 19.4. The molecule has 1 fully saturated rings. The summed E-state index contributed by atoms with van der Waals surface area (Å²) in [5.41, 5.74) is -0.224. The Labute approximate surface area is 173 Å². The fourth-order valence-corrected chi connectivity index (χ4v) is 3.18. The molecule has 12 heteroatoms. The summed E-state index contributed by atoms with van der Waals surface area (Å²) in [6.07, 6.45) is -5.54. The summed E-state index contributed by atoms with van der Waals surface area (Å²) in [6.45, 7) is -0.555. The van der Waals surface area contributed by atoms with Gasteiger partial charge in [-0.1, -0.05) is 6.07 Å². The van der Waals surface area contributed by atoms with Crippen molar-refractivity contribution >= 4 is 12.0 Å². The van der Waals surface area contributed by atoms with Gasteiger partial charge < -0.3 is 10.4 Å². The third-order valence-electron chi connectivity index (χ3n) is 4.69. The van der Waals surface area contributed by atoms with Gasteiger partial charge in [-0.2, -0.15) is 18.4 Å². The van der Waals surface area contributed by atoms with Crippen LogP contribution in [-0.2, 0) is 17.5 Å². The van der Waals surface area contributed by atoms with Crippen LogP contribution in [0.15, 0.2) is 30.6 Å². The van der Waals surface area contributed by atoms with Gasteiger partial charge in [0.1, 0.15) is 24.0 Å². The molecule has 2 atom stereocenters. The molecular weight excluding hydrogens is 422 g/mol. The van der Waals surface area contributed by atoms with Gasteiger partial charge >= 0.3 is 12.3 Å². The molecule has 0 radical (unpaired) electrons. The lowest BCUT2D eigenvalue weighted by molar-refractivity contribution is -0.141. The monoisotopic (exact) mass is 437 g/mol. The number of hydrogen-bond acceptors (Lipinski definition) is 5. The van der Waals surface area contributed by atoms with Crippen LogP contribution in [0, 0.1) is 11.3 Å². The number of hydrogen-bond donors (Lipinski definition) is 2. The van der Waals surface area contributed by atoms with Crippen LogP contribution in [0.1, 0.15) is 23.4 Å². The summed E-state index contributed by atoms with van der Waals surface area (Å²) >= 11 is 0. The highest BCUT2D eigenvalue weighted by molar-refractivity contribution is 5.86. The molecule has 2 amide bonds. The van der Waals surface area contributed by atoms with E-state index in [2.05, 4.69) is 15.3 Å². The quantitative estimate of drug-likeness (QED) is 0.710. The molecule has 0 aromatic carbocycles. The Morgan fingerprint density at radius 1 is 1.29 bits per heavy atom. The molecule has 31 heavy (non-hydrogen) atoms. The normalized spacial score (nSPS) is 18.5. The van der Waals surface area contributed by atoms with Crippen molar-refractivity contribution in [1.82, 2.24) is 20.2 Å². The first-order chi connectivity index (χ1) is 14.6. The van der Waals surface area contributed by atoms with Crippen molar-refractivity contribution in [1.29, 1.82) is 5.26 Å². The first-order valence-corrected chi connectivity index (χ1v) is 8.94. The summed E-state index contributed by atoms with van der Waals surface area (Å²) < 4.78 is 51.7. The van der Waals surface area contributed by atoms with Gasteiger partial charge in [-0.05, 0) is 12.1 Å². The number of likely N-dealkylation sites (tertiary alicyclic amines) is 1. The summed E-state index contributed by atoms with van der Waals surface area (Å²) in [5.74, 6) is -0.702. The van der Waals surface area contributed by atoms with Gasteiger partial charge in [-0.3, -0.25) is 19.7 Å². The summed E-state index contributed by atoms with van der Waals surface area (Å²) in [7, 11) is 0. The maximum absolute atomic E-state index is 13.5. The van der Waals surface area contributed by atoms with Crippen LogP contribution in [-0.4, -0.2) is 50.7 Å². The minimum Gasteiger partial charge on any atom is -0.465 e. The number of halogens is 4. The summed E-state index contributed by atoms with van der Waals surface area (Å²) in [5, 5.41) is 20.8. The molecule has 3 rings (SSSR count). The first kappa shape index (κ1) is 21.9. The average molecular weight is 437 g/mol. The van der Waals surface area contributed by atoms with E-state index in [9.17, 15) is 32.4 Å². The number of nitrogens with one attached hydrogen (secondary N) is 1. The number of nitriles is 1. The summed E-state index contributed by atoms with van der Waals surface area (Å²) in [4.78, 5) is 31.6. The zero-order valence-electron chi connectivity index (χ0n) is 15.7. The number of carbonyl (C=O) groups is 2. The number of alkyl halides is 4. The molecule has 0 bridgehead atoms. The highest BCUT2D eigenvalue weighted by Gasteiger charge is 2.39. The molecule has 2 aromatic rings. The molecule has 1 aliphatic rings. The molecule has 0 aliphatic carbocycles. The zero-order chi connectivity index (χ0) is 22.8. The Morgan fingerprint density at radius 2 is 2.03 bits per heavy atom. The van der Waals surface area contributed by atoms with Crippen molar-refractivity contribution < 1.29 is 32.3 Å². The molecule has 0 saturated carbocycles. The number of amides is 2. The van der Waals surface area contributed by atoms with Crippen LogP contribution in [0.2, 0.25) is 0 Å². The van der Waals surface area contributed by atoms with Crippen LogP contribution in [0.4, 0.5) is 22.4 Å². The van der Waals surface area contributed by atoms with Crippen molar-refractivity contribution in [2.24, 2.45) is 0 Å². The number of carboxylic acid groups (broad SMARTS) is 1. The molecular formula is C19H15F4N5O3. The van der Waals surface area contributed by atoms with Crippen molar-refractivity contribution in [2.75, 3.05) is 6.54 Å². The van der Waals surface area contributed by atoms with Crippen molar-refractivity contribution in [3.05, 3.63) is 47.5 Å². The van der Waals surface area contributed by atoms with Crippen molar-refractivity contribution in [3.63, 3.8) is 0 Å². The molecule has 0 unspecified atom stereocenters. The fraction of sp³-hybridized carbons (Fsp3) is 0.316. The zero-order valence-corrected chi connectivity index (χ0v) is 15.7. The first-order valence-electron chi connectivity index (χ1n) is 8.94. The second-order valence-corrected chi connectivity index (χ2v) is 6.76. The highest BCUT2D eigenvalue weighted by Crippen LogP contribution is 2.30. The molecule has 1 saturated heterocycles. The maximum atomic E-state index is 13.5. The van der Waals surface area contributed by atoms with Gasteiger partial charge in [0.15, 0.2) is 0 Å². The molecule has 162 valence electrons. The molecule has 1 aliphatic heterocycles. The second kappa shape index (κ2) is 8.55. The smallest absolute Gasteiger partial charge is 0.433 e. The van der Waals surface area contributed by atoms with Gasteiger partial charge in [0, 0.05) is 29.9 Å². The predicted molar refractivity (Wildman–Crippen MR) is 97.1 cm³/mol. The van der Waals surface area contributed by atoms with Gasteiger partial charge in [0.05, 0.1) is 24.3 Å². The minimum atomic E-state index is -4.60. The lowest BCUT2D eigenvalue weighted by atomic mass is 10.0. The molecule has 3 heterocycles. The topological polar surface area (TPSA) is 119 Å². The third-order valence-corrected chi connectivity index (χ3v) is 4.69. The number of rotatable bonds is 4. The van der Waals surface area contributed by atoms with E-state index in [-0.39, 0.29) is 35.3 Å². The van der Waals surface area contributed by atoms with Crippen LogP contribution >= 0.6 is 0 Å². The Morgan fingerprint density at radius 3 is 2.61 bits per heavy atom. The van der Waals surface area contributed by atoms with Crippen molar-refractivity contribution in [2.45, 2.75) is 31.4 Å². The van der Waals surface area contributed by atoms with E-state index in [4.69, 9.17) is 5.11 Å². The number of carbonyl (C=O) groups excluding carboxylic acids is 1. The van der Waals surface area contributed by atoms with Crippen molar-refractivity contribution in [3.8, 4) is 17.2 Å². The third kappa shape index (κ3) is 4.88. The van der Waals surface area contributed by atoms with E-state index >= 15 is 0 Å². The van der Waals surface area contributed by atoms with E-state index < -0.39 is 42.6 Å². The SMILES string of the molecule is N#Cc1cnc(CNC(=O)[C@H]2C[C@@H](F)CN2C(=O)O)cc1-c1ccc(C(F)(F)F)nc1. The predicted octanol–water partition coefficient (Wildman–Crippen LogP) is 2.74. The largest absolute Gasteiger partial charge is 0.465 e. The molecule has 2 aromatic heterocycles. The van der Waals surface area contributed by atoms with Gasteiger partial charge in [0.25, 0.3) is 0 Å².